The molecule has 1 unspecified atom stereocenters. The Kier molecular flexibility index (Phi) is 3.44. The van der Waals surface area contributed by atoms with Crippen LogP contribution in [0.1, 0.15) is 36.0 Å². The molecule has 1 atom stereocenters. The first kappa shape index (κ1) is 11.2. The van der Waals surface area contributed by atoms with E-state index in [2.05, 4.69) is 23.5 Å². The molecule has 2 nitrogen and oxygen atoms in total. The standard InChI is InChI=1S/C15H21NO/c1-2-8-16-14(6-1)10-12-4-3-5-13-11-17-9-7-15(12)13/h3-5,14,16H,1-2,6-11H2. The summed E-state index contributed by atoms with van der Waals surface area (Å²) in [6.07, 6.45) is 6.36. The van der Waals surface area contributed by atoms with Gasteiger partial charge in [0.05, 0.1) is 13.2 Å². The Morgan fingerprint density at radius 1 is 1.29 bits per heavy atom. The molecule has 2 aliphatic heterocycles. The summed E-state index contributed by atoms with van der Waals surface area (Å²) in [5, 5.41) is 3.64. The molecule has 17 heavy (non-hydrogen) atoms. The summed E-state index contributed by atoms with van der Waals surface area (Å²) in [5.74, 6) is 0. The van der Waals surface area contributed by atoms with Gasteiger partial charge < -0.3 is 10.1 Å². The van der Waals surface area contributed by atoms with Crippen molar-refractivity contribution >= 4 is 0 Å². The molecule has 1 N–H and O–H groups in total. The van der Waals surface area contributed by atoms with E-state index < -0.39 is 0 Å². The second kappa shape index (κ2) is 5.19. The van der Waals surface area contributed by atoms with Crippen molar-refractivity contribution in [3.05, 3.63) is 34.9 Å². The lowest BCUT2D eigenvalue weighted by molar-refractivity contribution is 0.110. The van der Waals surface area contributed by atoms with Crippen molar-refractivity contribution in [2.75, 3.05) is 13.2 Å². The molecule has 3 rings (SSSR count). The van der Waals surface area contributed by atoms with Crippen LogP contribution in [0.25, 0.3) is 0 Å². The van der Waals surface area contributed by atoms with Crippen molar-refractivity contribution in [3.8, 4) is 0 Å². The second-order valence-corrected chi connectivity index (χ2v) is 5.21. The summed E-state index contributed by atoms with van der Waals surface area (Å²) in [5.41, 5.74) is 4.51. The van der Waals surface area contributed by atoms with E-state index in [1.54, 1.807) is 11.1 Å². The Morgan fingerprint density at radius 3 is 3.18 bits per heavy atom. The zero-order valence-electron chi connectivity index (χ0n) is 10.4. The highest BCUT2D eigenvalue weighted by Gasteiger charge is 2.17. The lowest BCUT2D eigenvalue weighted by Crippen LogP contribution is -2.36. The van der Waals surface area contributed by atoms with Crippen molar-refractivity contribution < 1.29 is 4.74 Å². The van der Waals surface area contributed by atoms with Crippen LogP contribution in [-0.2, 0) is 24.2 Å². The van der Waals surface area contributed by atoms with Crippen LogP contribution in [-0.4, -0.2) is 19.2 Å². The van der Waals surface area contributed by atoms with Crippen LogP contribution in [0.15, 0.2) is 18.2 Å². The first-order valence-corrected chi connectivity index (χ1v) is 6.84. The number of ether oxygens (including phenoxy) is 1. The minimum atomic E-state index is 0.693. The molecule has 2 heteroatoms. The maximum Gasteiger partial charge on any atom is 0.0719 e. The molecular weight excluding hydrogens is 210 g/mol. The van der Waals surface area contributed by atoms with Crippen molar-refractivity contribution in [2.45, 2.75) is 44.8 Å². The van der Waals surface area contributed by atoms with Crippen LogP contribution in [0.5, 0.6) is 0 Å². The quantitative estimate of drug-likeness (QED) is 0.844. The molecule has 0 aliphatic carbocycles. The van der Waals surface area contributed by atoms with Crippen molar-refractivity contribution in [1.29, 1.82) is 0 Å². The number of rotatable bonds is 2. The third-order valence-corrected chi connectivity index (χ3v) is 4.00. The predicted molar refractivity (Wildman–Crippen MR) is 69.1 cm³/mol. The zero-order valence-corrected chi connectivity index (χ0v) is 10.4. The summed E-state index contributed by atoms with van der Waals surface area (Å²) in [4.78, 5) is 0. The summed E-state index contributed by atoms with van der Waals surface area (Å²) >= 11 is 0. The number of piperidine rings is 1. The molecule has 0 bridgehead atoms. The number of hydrogen-bond donors (Lipinski definition) is 1. The fourth-order valence-electron chi connectivity index (χ4n) is 3.06. The van der Waals surface area contributed by atoms with Gasteiger partial charge in [0.1, 0.15) is 0 Å². The number of fused-ring (bicyclic) bond motifs is 1. The molecule has 92 valence electrons. The molecule has 0 radical (unpaired) electrons. The van der Waals surface area contributed by atoms with Gasteiger partial charge in [-0.3, -0.25) is 0 Å². The SMILES string of the molecule is c1cc2c(c(CC3CCCCN3)c1)CCOC2. The molecule has 2 aliphatic rings. The van der Waals surface area contributed by atoms with Crippen molar-refractivity contribution in [2.24, 2.45) is 0 Å². The summed E-state index contributed by atoms with van der Waals surface area (Å²) in [6, 6.07) is 7.40. The third-order valence-electron chi connectivity index (χ3n) is 4.00. The van der Waals surface area contributed by atoms with E-state index in [0.717, 1.165) is 19.6 Å². The number of hydrogen-bond acceptors (Lipinski definition) is 2. The lowest BCUT2D eigenvalue weighted by Gasteiger charge is -2.26. The van der Waals surface area contributed by atoms with Crippen LogP contribution >= 0.6 is 0 Å². The van der Waals surface area contributed by atoms with Gasteiger partial charge >= 0.3 is 0 Å². The maximum atomic E-state index is 5.53. The highest BCUT2D eigenvalue weighted by Crippen LogP contribution is 2.23. The average molecular weight is 231 g/mol. The molecular formula is C15H21NO. The fourth-order valence-corrected chi connectivity index (χ4v) is 3.06. The van der Waals surface area contributed by atoms with E-state index in [4.69, 9.17) is 4.74 Å². The molecule has 1 saturated heterocycles. The highest BCUT2D eigenvalue weighted by molar-refractivity contribution is 5.36. The van der Waals surface area contributed by atoms with Gasteiger partial charge in [-0.05, 0) is 48.9 Å². The summed E-state index contributed by atoms with van der Waals surface area (Å²) in [7, 11) is 0. The zero-order chi connectivity index (χ0) is 11.5. The van der Waals surface area contributed by atoms with E-state index in [1.165, 1.54) is 37.8 Å². The first-order valence-electron chi connectivity index (χ1n) is 6.84. The van der Waals surface area contributed by atoms with Crippen LogP contribution in [0, 0.1) is 0 Å². The molecule has 1 aromatic rings. The first-order chi connectivity index (χ1) is 8.43. The molecule has 0 spiro atoms. The Balaban J connectivity index is 1.77. The van der Waals surface area contributed by atoms with Gasteiger partial charge in [-0.25, -0.2) is 0 Å². The van der Waals surface area contributed by atoms with Gasteiger partial charge in [0.15, 0.2) is 0 Å². The average Bonchev–Trinajstić information content (AvgIpc) is 2.40. The van der Waals surface area contributed by atoms with Crippen LogP contribution in [0.2, 0.25) is 0 Å². The number of nitrogens with one attached hydrogen (secondary N) is 1. The Morgan fingerprint density at radius 2 is 2.29 bits per heavy atom. The maximum absolute atomic E-state index is 5.53. The highest BCUT2D eigenvalue weighted by atomic mass is 16.5. The number of benzene rings is 1. The van der Waals surface area contributed by atoms with Gasteiger partial charge in [0.25, 0.3) is 0 Å². The molecule has 1 fully saturated rings. The summed E-state index contributed by atoms with van der Waals surface area (Å²) in [6.45, 7) is 2.90. The molecule has 0 amide bonds. The minimum absolute atomic E-state index is 0.693. The van der Waals surface area contributed by atoms with Crippen molar-refractivity contribution in [1.82, 2.24) is 5.32 Å². The van der Waals surface area contributed by atoms with E-state index in [9.17, 15) is 0 Å². The van der Waals surface area contributed by atoms with E-state index in [-0.39, 0.29) is 0 Å². The Labute approximate surface area is 103 Å². The van der Waals surface area contributed by atoms with Gasteiger partial charge in [-0.2, -0.15) is 0 Å². The Bertz CT molecular complexity index is 383. The van der Waals surface area contributed by atoms with E-state index in [1.807, 2.05) is 0 Å². The van der Waals surface area contributed by atoms with Gasteiger partial charge in [0, 0.05) is 6.04 Å². The largest absolute Gasteiger partial charge is 0.376 e. The minimum Gasteiger partial charge on any atom is -0.376 e. The smallest absolute Gasteiger partial charge is 0.0719 e. The predicted octanol–water partition coefficient (Wildman–Crippen LogP) is 2.44. The van der Waals surface area contributed by atoms with Crippen LogP contribution in [0.4, 0.5) is 0 Å². The lowest BCUT2D eigenvalue weighted by atomic mass is 9.90. The van der Waals surface area contributed by atoms with Gasteiger partial charge in [0.2, 0.25) is 0 Å². The molecule has 0 saturated carbocycles. The van der Waals surface area contributed by atoms with Crippen LogP contribution < -0.4 is 5.32 Å². The van der Waals surface area contributed by atoms with E-state index >= 15 is 0 Å². The second-order valence-electron chi connectivity index (χ2n) is 5.21. The summed E-state index contributed by atoms with van der Waals surface area (Å²) < 4.78 is 5.53. The topological polar surface area (TPSA) is 21.3 Å². The molecule has 2 heterocycles. The van der Waals surface area contributed by atoms with Gasteiger partial charge in [-0.15, -0.1) is 0 Å². The Hall–Kier alpha value is -0.860. The normalized spacial score (nSPS) is 24.4. The fraction of sp³-hybridized carbons (Fsp3) is 0.600. The molecule has 1 aromatic carbocycles. The van der Waals surface area contributed by atoms with Crippen LogP contribution in [0.3, 0.4) is 0 Å². The van der Waals surface area contributed by atoms with E-state index in [0.29, 0.717) is 6.04 Å². The molecule has 0 aromatic heterocycles. The van der Waals surface area contributed by atoms with Gasteiger partial charge in [-0.1, -0.05) is 24.6 Å². The van der Waals surface area contributed by atoms with Crippen molar-refractivity contribution in [3.63, 3.8) is 0 Å². The third kappa shape index (κ3) is 2.53. The monoisotopic (exact) mass is 231 g/mol.